The number of rotatable bonds is 4. The van der Waals surface area contributed by atoms with Crippen molar-refractivity contribution in [3.8, 4) is 0 Å². The summed E-state index contributed by atoms with van der Waals surface area (Å²) in [6, 6.07) is 14.9. The number of aliphatic hydroxyl groups is 1. The molecule has 1 aromatic carbocycles. The fraction of sp³-hybridized carbons (Fsp3) is 0.0526. The molecule has 1 aliphatic rings. The van der Waals surface area contributed by atoms with Crippen LogP contribution in [-0.2, 0) is 4.79 Å². The first-order chi connectivity index (χ1) is 12.2. The molecule has 0 radical (unpaired) electrons. The zero-order valence-electron chi connectivity index (χ0n) is 13.0. The van der Waals surface area contributed by atoms with Crippen LogP contribution < -0.4 is 4.90 Å². The molecule has 1 N–H and O–H groups in total. The normalized spacial score (nSPS) is 17.4. The number of para-hydroxylation sites is 1. The quantitative estimate of drug-likeness (QED) is 0.718. The van der Waals surface area contributed by atoms with Crippen molar-refractivity contribution in [3.05, 3.63) is 88.2 Å². The summed E-state index contributed by atoms with van der Waals surface area (Å²) in [4.78, 5) is 27.5. The van der Waals surface area contributed by atoms with Crippen LogP contribution >= 0.6 is 11.3 Å². The second-order valence-electron chi connectivity index (χ2n) is 5.50. The summed E-state index contributed by atoms with van der Waals surface area (Å²) < 4.78 is 5.48. The van der Waals surface area contributed by atoms with Crippen molar-refractivity contribution in [2.75, 3.05) is 4.90 Å². The Morgan fingerprint density at radius 1 is 1.08 bits per heavy atom. The highest BCUT2D eigenvalue weighted by molar-refractivity contribution is 7.12. The zero-order chi connectivity index (χ0) is 17.4. The number of carbonyl (C=O) groups excluding carboxylic acids is 2. The summed E-state index contributed by atoms with van der Waals surface area (Å²) in [7, 11) is 0. The second-order valence-corrected chi connectivity index (χ2v) is 6.45. The van der Waals surface area contributed by atoms with Crippen LogP contribution in [0.5, 0.6) is 0 Å². The number of Topliss-reactive ketones (excluding diaryl/α,β-unsaturated/α-hetero) is 1. The Morgan fingerprint density at radius 2 is 1.88 bits per heavy atom. The van der Waals surface area contributed by atoms with E-state index < -0.39 is 17.7 Å². The molecule has 25 heavy (non-hydrogen) atoms. The molecule has 0 spiro atoms. The van der Waals surface area contributed by atoms with Gasteiger partial charge in [-0.1, -0.05) is 24.3 Å². The number of benzene rings is 1. The van der Waals surface area contributed by atoms with E-state index in [1.165, 1.54) is 22.5 Å². The van der Waals surface area contributed by atoms with Crippen LogP contribution in [0, 0.1) is 0 Å². The first kappa shape index (κ1) is 15.4. The van der Waals surface area contributed by atoms with E-state index in [0.717, 1.165) is 0 Å². The minimum atomic E-state index is -0.806. The highest BCUT2D eigenvalue weighted by Crippen LogP contribution is 2.42. The minimum absolute atomic E-state index is 0.0336. The molecule has 0 saturated carbocycles. The number of thiophene rings is 1. The minimum Gasteiger partial charge on any atom is -0.503 e. The van der Waals surface area contributed by atoms with Gasteiger partial charge in [-0.3, -0.25) is 14.5 Å². The van der Waals surface area contributed by atoms with Crippen LogP contribution in [0.15, 0.2) is 82.0 Å². The molecule has 0 aliphatic carbocycles. The summed E-state index contributed by atoms with van der Waals surface area (Å²) in [5.74, 6) is -1.11. The van der Waals surface area contributed by atoms with E-state index in [1.807, 2.05) is 6.07 Å². The third-order valence-electron chi connectivity index (χ3n) is 4.04. The number of hydrogen-bond acceptors (Lipinski definition) is 5. The Morgan fingerprint density at radius 3 is 2.52 bits per heavy atom. The van der Waals surface area contributed by atoms with Gasteiger partial charge in [0.2, 0.25) is 5.78 Å². The van der Waals surface area contributed by atoms with Crippen LogP contribution in [0.1, 0.15) is 21.5 Å². The number of ketones is 1. The molecule has 1 amide bonds. The van der Waals surface area contributed by atoms with Crippen LogP contribution in [0.3, 0.4) is 0 Å². The summed E-state index contributed by atoms with van der Waals surface area (Å²) in [6.07, 6.45) is 1.48. The Balaban J connectivity index is 1.87. The number of furan rings is 1. The molecule has 4 rings (SSSR count). The predicted octanol–water partition coefficient (Wildman–Crippen LogP) is 4.12. The maximum Gasteiger partial charge on any atom is 0.294 e. The van der Waals surface area contributed by atoms with Gasteiger partial charge in [-0.05, 0) is 35.7 Å². The monoisotopic (exact) mass is 351 g/mol. The molecular formula is C19H13NO4S. The molecular weight excluding hydrogens is 338 g/mol. The van der Waals surface area contributed by atoms with Gasteiger partial charge < -0.3 is 9.52 Å². The van der Waals surface area contributed by atoms with Gasteiger partial charge in [0.05, 0.1) is 16.7 Å². The zero-order valence-corrected chi connectivity index (χ0v) is 13.8. The van der Waals surface area contributed by atoms with E-state index in [2.05, 4.69) is 0 Å². The van der Waals surface area contributed by atoms with Crippen LogP contribution in [0.2, 0.25) is 0 Å². The van der Waals surface area contributed by atoms with Crippen molar-refractivity contribution < 1.29 is 19.1 Å². The maximum absolute atomic E-state index is 12.9. The summed E-state index contributed by atoms with van der Waals surface area (Å²) in [5, 5.41) is 12.2. The number of amides is 1. The van der Waals surface area contributed by atoms with Gasteiger partial charge in [0.1, 0.15) is 11.8 Å². The van der Waals surface area contributed by atoms with E-state index in [1.54, 1.807) is 53.9 Å². The number of nitrogens with zero attached hydrogens (tertiary/aromatic N) is 1. The predicted molar refractivity (Wildman–Crippen MR) is 93.7 cm³/mol. The van der Waals surface area contributed by atoms with Crippen molar-refractivity contribution in [2.24, 2.45) is 0 Å². The molecule has 2 aromatic heterocycles. The lowest BCUT2D eigenvalue weighted by atomic mass is 10.00. The van der Waals surface area contributed by atoms with E-state index in [4.69, 9.17) is 4.42 Å². The van der Waals surface area contributed by atoms with Crippen molar-refractivity contribution in [1.82, 2.24) is 0 Å². The molecule has 3 heterocycles. The van der Waals surface area contributed by atoms with Crippen LogP contribution in [0.25, 0.3) is 0 Å². The Labute approximate surface area is 147 Å². The molecule has 5 nitrogen and oxygen atoms in total. The lowest BCUT2D eigenvalue weighted by molar-refractivity contribution is -0.117. The van der Waals surface area contributed by atoms with Crippen LogP contribution in [0.4, 0.5) is 5.69 Å². The van der Waals surface area contributed by atoms with Gasteiger partial charge >= 0.3 is 0 Å². The topological polar surface area (TPSA) is 70.8 Å². The van der Waals surface area contributed by atoms with Gasteiger partial charge in [-0.2, -0.15) is 0 Å². The Hall–Kier alpha value is -3.12. The van der Waals surface area contributed by atoms with E-state index in [9.17, 15) is 14.7 Å². The third kappa shape index (κ3) is 2.47. The largest absolute Gasteiger partial charge is 0.503 e. The number of anilines is 1. The third-order valence-corrected chi connectivity index (χ3v) is 4.91. The SMILES string of the molecule is O=C(C1=C(O)C(=O)N(c2ccccc2)C1c1ccco1)c1cccs1. The van der Waals surface area contributed by atoms with E-state index in [0.29, 0.717) is 16.3 Å². The standard InChI is InChI=1S/C19H13NO4S/c21-17(14-9-5-11-25-14)15-16(13-8-4-10-24-13)20(19(23)18(15)22)12-6-2-1-3-7-12/h1-11,16,22H. The summed E-state index contributed by atoms with van der Waals surface area (Å²) >= 11 is 1.26. The lowest BCUT2D eigenvalue weighted by Crippen LogP contribution is -2.30. The summed E-state index contributed by atoms with van der Waals surface area (Å²) in [6.45, 7) is 0. The Kier molecular flexibility index (Phi) is 3.74. The maximum atomic E-state index is 12.9. The molecule has 1 atom stereocenters. The fourth-order valence-electron chi connectivity index (χ4n) is 2.95. The van der Waals surface area contributed by atoms with Gasteiger partial charge in [-0.15, -0.1) is 11.3 Å². The molecule has 0 fully saturated rings. The number of carbonyl (C=O) groups is 2. The van der Waals surface area contributed by atoms with Crippen molar-refractivity contribution >= 4 is 28.7 Å². The highest BCUT2D eigenvalue weighted by Gasteiger charge is 2.46. The van der Waals surface area contributed by atoms with Gasteiger partial charge in [0.15, 0.2) is 5.76 Å². The first-order valence-corrected chi connectivity index (χ1v) is 8.50. The van der Waals surface area contributed by atoms with Crippen LogP contribution in [-0.4, -0.2) is 16.8 Å². The number of aliphatic hydroxyl groups excluding tert-OH is 1. The number of hydrogen-bond donors (Lipinski definition) is 1. The summed E-state index contributed by atoms with van der Waals surface area (Å²) in [5.41, 5.74) is 0.612. The van der Waals surface area contributed by atoms with E-state index >= 15 is 0 Å². The van der Waals surface area contributed by atoms with Gasteiger partial charge in [0, 0.05) is 5.69 Å². The highest BCUT2D eigenvalue weighted by atomic mass is 32.1. The van der Waals surface area contributed by atoms with Gasteiger partial charge in [-0.25, -0.2) is 0 Å². The second kappa shape index (κ2) is 6.07. The average Bonchev–Trinajstić information content (AvgIpc) is 3.37. The van der Waals surface area contributed by atoms with Gasteiger partial charge in [0.25, 0.3) is 5.91 Å². The van der Waals surface area contributed by atoms with Crippen molar-refractivity contribution in [1.29, 1.82) is 0 Å². The average molecular weight is 351 g/mol. The molecule has 6 heteroatoms. The van der Waals surface area contributed by atoms with Crippen molar-refractivity contribution in [3.63, 3.8) is 0 Å². The molecule has 1 aliphatic heterocycles. The first-order valence-electron chi connectivity index (χ1n) is 7.62. The molecule has 0 saturated heterocycles. The van der Waals surface area contributed by atoms with Crippen molar-refractivity contribution in [2.45, 2.75) is 6.04 Å². The molecule has 0 bridgehead atoms. The Bertz CT molecular complexity index is 943. The molecule has 124 valence electrons. The smallest absolute Gasteiger partial charge is 0.294 e. The lowest BCUT2D eigenvalue weighted by Gasteiger charge is -2.24. The fourth-order valence-corrected chi connectivity index (χ4v) is 3.63. The molecule has 3 aromatic rings. The van der Waals surface area contributed by atoms with E-state index in [-0.39, 0.29) is 11.4 Å². The molecule has 1 unspecified atom stereocenters.